The summed E-state index contributed by atoms with van der Waals surface area (Å²) < 4.78 is 45.0. The van der Waals surface area contributed by atoms with E-state index < -0.39 is 35.6 Å². The number of methoxy groups -OCH3 is 1. The maximum atomic E-state index is 13.4. The number of amides is 3. The number of ether oxygens (including phenoxy) is 1. The van der Waals surface area contributed by atoms with E-state index in [0.29, 0.717) is 32.5 Å². The van der Waals surface area contributed by atoms with Crippen molar-refractivity contribution < 1.29 is 32.3 Å². The third kappa shape index (κ3) is 5.29. The molecule has 0 spiro atoms. The molecule has 170 valence electrons. The molecule has 2 atom stereocenters. The molecule has 2 aliphatic rings. The number of hydrogen-bond donors (Lipinski definition) is 1. The van der Waals surface area contributed by atoms with Gasteiger partial charge in [0.25, 0.3) is 0 Å². The number of likely N-dealkylation sites (tertiary alicyclic amines) is 2. The van der Waals surface area contributed by atoms with Gasteiger partial charge in [-0.1, -0.05) is 18.2 Å². The fourth-order valence-corrected chi connectivity index (χ4v) is 4.12. The largest absolute Gasteiger partial charge is 0.467 e. The van der Waals surface area contributed by atoms with E-state index in [0.717, 1.165) is 32.1 Å². The Labute approximate surface area is 178 Å². The van der Waals surface area contributed by atoms with Gasteiger partial charge in [0, 0.05) is 26.2 Å². The van der Waals surface area contributed by atoms with Crippen LogP contribution >= 0.6 is 0 Å². The van der Waals surface area contributed by atoms with Crippen molar-refractivity contribution in [2.45, 2.75) is 37.9 Å². The average molecular weight is 441 g/mol. The van der Waals surface area contributed by atoms with Gasteiger partial charge >= 0.3 is 18.2 Å². The Kier molecular flexibility index (Phi) is 7.07. The lowest BCUT2D eigenvalue weighted by Crippen LogP contribution is -2.50. The van der Waals surface area contributed by atoms with Crippen molar-refractivity contribution in [2.75, 3.05) is 33.3 Å². The average Bonchev–Trinajstić information content (AvgIpc) is 3.30. The summed E-state index contributed by atoms with van der Waals surface area (Å²) in [5, 5.41) is 2.43. The van der Waals surface area contributed by atoms with Crippen LogP contribution in [0.1, 0.15) is 42.9 Å². The summed E-state index contributed by atoms with van der Waals surface area (Å²) in [7, 11) is 1.05. The molecule has 0 saturated carbocycles. The quantitative estimate of drug-likeness (QED) is 0.729. The highest BCUT2D eigenvalue weighted by Gasteiger charge is 2.39. The fraction of sp³-hybridized carbons (Fsp3) is 0.571. The summed E-state index contributed by atoms with van der Waals surface area (Å²) in [4.78, 5) is 41.2. The molecule has 1 aromatic carbocycles. The minimum absolute atomic E-state index is 0.123. The first kappa shape index (κ1) is 22.9. The van der Waals surface area contributed by atoms with Crippen LogP contribution in [-0.2, 0) is 20.5 Å². The van der Waals surface area contributed by atoms with Crippen molar-refractivity contribution in [2.24, 2.45) is 5.92 Å². The van der Waals surface area contributed by atoms with Crippen LogP contribution < -0.4 is 5.32 Å². The van der Waals surface area contributed by atoms with E-state index in [1.807, 2.05) is 0 Å². The highest BCUT2D eigenvalue weighted by molar-refractivity contribution is 5.87. The first-order valence-corrected chi connectivity index (χ1v) is 10.3. The maximum absolute atomic E-state index is 13.4. The second kappa shape index (κ2) is 9.57. The molecular formula is C21H26F3N3O4. The molecule has 3 amide bonds. The topological polar surface area (TPSA) is 79.0 Å². The van der Waals surface area contributed by atoms with Gasteiger partial charge in [0.1, 0.15) is 0 Å². The van der Waals surface area contributed by atoms with Gasteiger partial charge in [-0.3, -0.25) is 4.79 Å². The number of nitrogens with one attached hydrogen (secondary N) is 1. The predicted molar refractivity (Wildman–Crippen MR) is 105 cm³/mol. The maximum Gasteiger partial charge on any atom is 0.416 e. The molecule has 0 aliphatic carbocycles. The number of esters is 1. The number of rotatable bonds is 4. The number of benzene rings is 1. The van der Waals surface area contributed by atoms with Crippen LogP contribution in [0.15, 0.2) is 24.3 Å². The molecule has 2 aliphatic heterocycles. The summed E-state index contributed by atoms with van der Waals surface area (Å²) in [6, 6.07) is 2.86. The molecule has 2 heterocycles. The predicted octanol–water partition coefficient (Wildman–Crippen LogP) is 2.96. The van der Waals surface area contributed by atoms with Crippen LogP contribution in [0.4, 0.5) is 18.0 Å². The van der Waals surface area contributed by atoms with Crippen molar-refractivity contribution in [3.63, 3.8) is 0 Å². The Morgan fingerprint density at radius 1 is 1.06 bits per heavy atom. The van der Waals surface area contributed by atoms with E-state index in [-0.39, 0.29) is 18.1 Å². The summed E-state index contributed by atoms with van der Waals surface area (Å²) in [6.45, 7) is 2.06. The zero-order valence-corrected chi connectivity index (χ0v) is 17.3. The van der Waals surface area contributed by atoms with Crippen LogP contribution in [-0.4, -0.2) is 61.0 Å². The molecule has 31 heavy (non-hydrogen) atoms. The van der Waals surface area contributed by atoms with Crippen molar-refractivity contribution in [1.82, 2.24) is 15.1 Å². The normalized spacial score (nSPS) is 20.3. The van der Waals surface area contributed by atoms with Crippen molar-refractivity contribution in [3.05, 3.63) is 35.4 Å². The summed E-state index contributed by atoms with van der Waals surface area (Å²) in [5.41, 5.74) is -1.39. The number of nitrogens with zero attached hydrogens (tertiary/aromatic N) is 2. The van der Waals surface area contributed by atoms with Gasteiger partial charge in [-0.2, -0.15) is 13.2 Å². The third-order valence-electron chi connectivity index (χ3n) is 5.74. The van der Waals surface area contributed by atoms with E-state index in [4.69, 9.17) is 0 Å². The molecule has 3 rings (SSSR count). The Bertz CT molecular complexity index is 824. The molecule has 1 aromatic rings. The first-order valence-electron chi connectivity index (χ1n) is 10.3. The molecule has 7 nitrogen and oxygen atoms in total. The van der Waals surface area contributed by atoms with E-state index in [1.54, 1.807) is 9.80 Å². The van der Waals surface area contributed by atoms with Gasteiger partial charge in [0.15, 0.2) is 6.04 Å². The lowest BCUT2D eigenvalue weighted by Gasteiger charge is -2.35. The van der Waals surface area contributed by atoms with Gasteiger partial charge in [0.05, 0.1) is 18.6 Å². The Balaban J connectivity index is 1.76. The lowest BCUT2D eigenvalue weighted by atomic mass is 9.95. The highest BCUT2D eigenvalue weighted by Crippen LogP contribution is 2.35. The number of piperidine rings is 1. The van der Waals surface area contributed by atoms with Crippen LogP contribution in [0.5, 0.6) is 0 Å². The zero-order valence-electron chi connectivity index (χ0n) is 17.3. The standard InChI is InChI=1S/C21H26F3N3O4/c1-31-19(29)17(15-8-2-3-9-16(15)21(22,23)24)25-18(28)14-7-6-12-27(13-14)20(30)26-10-4-5-11-26/h2-3,8-9,14,17H,4-7,10-13H2,1H3,(H,25,28)/t14-,17-/m1/s1. The second-order valence-corrected chi connectivity index (χ2v) is 7.81. The van der Waals surface area contributed by atoms with Gasteiger partial charge < -0.3 is 19.9 Å². The summed E-state index contributed by atoms with van der Waals surface area (Å²) in [6.07, 6.45) is -1.73. The Hall–Kier alpha value is -2.78. The van der Waals surface area contributed by atoms with Gasteiger partial charge in [-0.05, 0) is 37.3 Å². The van der Waals surface area contributed by atoms with Crippen molar-refractivity contribution in [3.8, 4) is 0 Å². The number of urea groups is 1. The lowest BCUT2D eigenvalue weighted by molar-refractivity contribution is -0.147. The van der Waals surface area contributed by atoms with Crippen molar-refractivity contribution in [1.29, 1.82) is 0 Å². The molecule has 2 fully saturated rings. The minimum Gasteiger partial charge on any atom is -0.467 e. The van der Waals surface area contributed by atoms with E-state index in [9.17, 15) is 27.6 Å². The highest BCUT2D eigenvalue weighted by atomic mass is 19.4. The second-order valence-electron chi connectivity index (χ2n) is 7.81. The molecule has 10 heteroatoms. The van der Waals surface area contributed by atoms with Crippen LogP contribution in [0.3, 0.4) is 0 Å². The Morgan fingerprint density at radius 2 is 1.71 bits per heavy atom. The van der Waals surface area contributed by atoms with E-state index in [2.05, 4.69) is 10.1 Å². The van der Waals surface area contributed by atoms with Gasteiger partial charge in [-0.15, -0.1) is 0 Å². The number of halogens is 3. The number of hydrogen-bond acceptors (Lipinski definition) is 4. The smallest absolute Gasteiger partial charge is 0.416 e. The number of alkyl halides is 3. The van der Waals surface area contributed by atoms with Crippen LogP contribution in [0.25, 0.3) is 0 Å². The van der Waals surface area contributed by atoms with Crippen LogP contribution in [0, 0.1) is 5.92 Å². The first-order chi connectivity index (χ1) is 14.7. The summed E-state index contributed by atoms with van der Waals surface area (Å²) in [5.74, 6) is -2.19. The SMILES string of the molecule is COC(=O)[C@H](NC(=O)[C@@H]1CCCN(C(=O)N2CCCC2)C1)c1ccccc1C(F)(F)F. The molecule has 2 saturated heterocycles. The molecule has 0 aromatic heterocycles. The van der Waals surface area contributed by atoms with E-state index in [1.165, 1.54) is 12.1 Å². The Morgan fingerprint density at radius 3 is 2.35 bits per heavy atom. The zero-order chi connectivity index (χ0) is 22.6. The molecule has 0 unspecified atom stereocenters. The van der Waals surface area contributed by atoms with Gasteiger partial charge in [-0.25, -0.2) is 9.59 Å². The third-order valence-corrected chi connectivity index (χ3v) is 5.74. The van der Waals surface area contributed by atoms with Crippen LogP contribution in [0.2, 0.25) is 0 Å². The molecule has 0 radical (unpaired) electrons. The monoisotopic (exact) mass is 441 g/mol. The molecule has 1 N–H and O–H groups in total. The molecule has 0 bridgehead atoms. The van der Waals surface area contributed by atoms with E-state index >= 15 is 0 Å². The number of carbonyl (C=O) groups excluding carboxylic acids is 3. The number of carbonyl (C=O) groups is 3. The minimum atomic E-state index is -4.70. The van der Waals surface area contributed by atoms with Crippen molar-refractivity contribution >= 4 is 17.9 Å². The fourth-order valence-electron chi connectivity index (χ4n) is 4.12. The molecular weight excluding hydrogens is 415 g/mol. The van der Waals surface area contributed by atoms with Gasteiger partial charge in [0.2, 0.25) is 5.91 Å². The summed E-state index contributed by atoms with van der Waals surface area (Å²) >= 11 is 0.